The highest BCUT2D eigenvalue weighted by Gasteiger charge is 2.25. The molecule has 106 valence electrons. The molecule has 0 aliphatic heterocycles. The number of hydrogen-bond donors (Lipinski definition) is 3. The zero-order valence-corrected chi connectivity index (χ0v) is 12.6. The second-order valence-electron chi connectivity index (χ2n) is 3.94. The van der Waals surface area contributed by atoms with Gasteiger partial charge in [-0.2, -0.15) is 13.5 Å². The summed E-state index contributed by atoms with van der Waals surface area (Å²) in [5, 5.41) is 14.1. The van der Waals surface area contributed by atoms with Crippen LogP contribution in [0.2, 0.25) is 0 Å². The maximum atomic E-state index is 12.2. The maximum absolute atomic E-state index is 12.2. The standard InChI is InChI=1S/C11H10BrN3O4S/c1-6-8(12)3-2-4-9(6)15-20(18,19)10-7(11(16)17)5-13-14-10/h2-5,15H,1H3,(H,13,14)(H,16,17). The summed E-state index contributed by atoms with van der Waals surface area (Å²) in [4.78, 5) is 10.9. The van der Waals surface area contributed by atoms with Crippen molar-refractivity contribution in [3.05, 3.63) is 40.0 Å². The van der Waals surface area contributed by atoms with E-state index in [2.05, 4.69) is 30.8 Å². The zero-order chi connectivity index (χ0) is 14.9. The Kier molecular flexibility index (Phi) is 3.82. The monoisotopic (exact) mass is 359 g/mol. The molecule has 1 aromatic heterocycles. The van der Waals surface area contributed by atoms with Gasteiger partial charge in [0.25, 0.3) is 10.0 Å². The van der Waals surface area contributed by atoms with E-state index >= 15 is 0 Å². The third-order valence-electron chi connectivity index (χ3n) is 2.62. The largest absolute Gasteiger partial charge is 0.478 e. The van der Waals surface area contributed by atoms with E-state index < -0.39 is 26.6 Å². The lowest BCUT2D eigenvalue weighted by atomic mass is 10.2. The average molecular weight is 360 g/mol. The summed E-state index contributed by atoms with van der Waals surface area (Å²) in [6.45, 7) is 1.73. The van der Waals surface area contributed by atoms with Crippen LogP contribution in [0.3, 0.4) is 0 Å². The van der Waals surface area contributed by atoms with Gasteiger partial charge in [-0.15, -0.1) is 0 Å². The van der Waals surface area contributed by atoms with Crippen molar-refractivity contribution in [3.8, 4) is 0 Å². The lowest BCUT2D eigenvalue weighted by Gasteiger charge is -2.10. The minimum absolute atomic E-state index is 0.352. The van der Waals surface area contributed by atoms with Gasteiger partial charge in [0.1, 0.15) is 5.56 Å². The lowest BCUT2D eigenvalue weighted by Crippen LogP contribution is -2.17. The quantitative estimate of drug-likeness (QED) is 0.772. The van der Waals surface area contributed by atoms with E-state index in [1.165, 1.54) is 0 Å². The van der Waals surface area contributed by atoms with Crippen LogP contribution in [0.5, 0.6) is 0 Å². The van der Waals surface area contributed by atoms with Crippen LogP contribution in [0.15, 0.2) is 33.9 Å². The third kappa shape index (κ3) is 2.68. The van der Waals surface area contributed by atoms with Crippen LogP contribution in [-0.4, -0.2) is 29.7 Å². The molecule has 0 aliphatic carbocycles. The molecule has 0 saturated heterocycles. The van der Waals surface area contributed by atoms with Gasteiger partial charge in [-0.3, -0.25) is 9.82 Å². The Hall–Kier alpha value is -1.87. The molecule has 0 bridgehead atoms. The van der Waals surface area contributed by atoms with E-state index in [0.717, 1.165) is 10.7 Å². The molecule has 7 nitrogen and oxygen atoms in total. The number of carbonyl (C=O) groups is 1. The number of anilines is 1. The number of aromatic amines is 1. The summed E-state index contributed by atoms with van der Waals surface area (Å²) in [6.07, 6.45) is 0.949. The van der Waals surface area contributed by atoms with Crippen molar-refractivity contribution in [1.29, 1.82) is 0 Å². The Morgan fingerprint density at radius 2 is 2.15 bits per heavy atom. The predicted octanol–water partition coefficient (Wildman–Crippen LogP) is 1.98. The molecule has 0 amide bonds. The van der Waals surface area contributed by atoms with Gasteiger partial charge in [0, 0.05) is 4.47 Å². The number of nitrogens with one attached hydrogen (secondary N) is 2. The van der Waals surface area contributed by atoms with Gasteiger partial charge in [-0.25, -0.2) is 4.79 Å². The maximum Gasteiger partial charge on any atom is 0.340 e. The number of sulfonamides is 1. The number of aromatic nitrogens is 2. The molecule has 2 rings (SSSR count). The van der Waals surface area contributed by atoms with Gasteiger partial charge < -0.3 is 5.11 Å². The molecule has 2 aromatic rings. The minimum atomic E-state index is -4.05. The number of rotatable bonds is 4. The zero-order valence-electron chi connectivity index (χ0n) is 10.2. The van der Waals surface area contributed by atoms with Crippen molar-refractivity contribution >= 4 is 37.6 Å². The Morgan fingerprint density at radius 3 is 2.80 bits per heavy atom. The normalized spacial score (nSPS) is 11.3. The van der Waals surface area contributed by atoms with E-state index in [9.17, 15) is 13.2 Å². The third-order valence-corrected chi connectivity index (χ3v) is 4.81. The van der Waals surface area contributed by atoms with Gasteiger partial charge in [0.05, 0.1) is 11.9 Å². The number of hydrogen-bond acceptors (Lipinski definition) is 4. The Balaban J connectivity index is 2.44. The van der Waals surface area contributed by atoms with Crippen molar-refractivity contribution in [1.82, 2.24) is 10.2 Å². The summed E-state index contributed by atoms with van der Waals surface area (Å²) in [5.74, 6) is -1.37. The number of halogens is 1. The van der Waals surface area contributed by atoms with Gasteiger partial charge >= 0.3 is 5.97 Å². The topological polar surface area (TPSA) is 112 Å². The second kappa shape index (κ2) is 5.25. The first-order valence-electron chi connectivity index (χ1n) is 5.37. The molecule has 9 heteroatoms. The number of benzene rings is 1. The highest BCUT2D eigenvalue weighted by molar-refractivity contribution is 9.10. The fraction of sp³-hybridized carbons (Fsp3) is 0.0909. The summed E-state index contributed by atoms with van der Waals surface area (Å²) < 4.78 is 27.5. The van der Waals surface area contributed by atoms with E-state index in [-0.39, 0.29) is 0 Å². The molecule has 0 radical (unpaired) electrons. The number of carboxylic acid groups (broad SMARTS) is 1. The number of nitrogens with zero attached hydrogens (tertiary/aromatic N) is 1. The smallest absolute Gasteiger partial charge is 0.340 e. The molecular weight excluding hydrogens is 350 g/mol. The Bertz CT molecular complexity index is 770. The first-order valence-corrected chi connectivity index (χ1v) is 7.65. The molecule has 0 saturated carbocycles. The van der Waals surface area contributed by atoms with Crippen molar-refractivity contribution in [2.24, 2.45) is 0 Å². The molecule has 0 atom stereocenters. The van der Waals surface area contributed by atoms with Crippen molar-refractivity contribution in [2.75, 3.05) is 4.72 Å². The fourth-order valence-corrected chi connectivity index (χ4v) is 3.13. The number of H-pyrrole nitrogens is 1. The van der Waals surface area contributed by atoms with Gasteiger partial charge in [0.15, 0.2) is 5.03 Å². The Morgan fingerprint density at radius 1 is 1.45 bits per heavy atom. The van der Waals surface area contributed by atoms with E-state index in [4.69, 9.17) is 5.11 Å². The highest BCUT2D eigenvalue weighted by atomic mass is 79.9. The van der Waals surface area contributed by atoms with Crippen LogP contribution < -0.4 is 4.72 Å². The first kappa shape index (κ1) is 14.5. The lowest BCUT2D eigenvalue weighted by molar-refractivity contribution is 0.0692. The van der Waals surface area contributed by atoms with E-state index in [1.54, 1.807) is 25.1 Å². The molecule has 1 aromatic carbocycles. The van der Waals surface area contributed by atoms with Crippen LogP contribution in [0, 0.1) is 6.92 Å². The van der Waals surface area contributed by atoms with Gasteiger partial charge in [0.2, 0.25) is 0 Å². The summed E-state index contributed by atoms with van der Waals surface area (Å²) in [5.41, 5.74) is 0.628. The fourth-order valence-electron chi connectivity index (χ4n) is 1.55. The van der Waals surface area contributed by atoms with Crippen molar-refractivity contribution < 1.29 is 18.3 Å². The summed E-state index contributed by atoms with van der Waals surface area (Å²) in [7, 11) is -4.05. The van der Waals surface area contributed by atoms with Crippen LogP contribution >= 0.6 is 15.9 Å². The summed E-state index contributed by atoms with van der Waals surface area (Å²) >= 11 is 3.29. The second-order valence-corrected chi connectivity index (χ2v) is 6.41. The molecule has 0 unspecified atom stereocenters. The molecule has 20 heavy (non-hydrogen) atoms. The van der Waals surface area contributed by atoms with Crippen molar-refractivity contribution in [2.45, 2.75) is 11.9 Å². The molecular formula is C11H10BrN3O4S. The van der Waals surface area contributed by atoms with Gasteiger partial charge in [-0.1, -0.05) is 22.0 Å². The summed E-state index contributed by atoms with van der Waals surface area (Å²) in [6, 6.07) is 5.01. The SMILES string of the molecule is Cc1c(Br)cccc1NS(=O)(=O)c1[nH]ncc1C(=O)O. The molecule has 0 fully saturated rings. The minimum Gasteiger partial charge on any atom is -0.478 e. The van der Waals surface area contributed by atoms with Crippen LogP contribution in [-0.2, 0) is 10.0 Å². The number of carboxylic acids is 1. The molecule has 3 N–H and O–H groups in total. The predicted molar refractivity (Wildman–Crippen MR) is 75.2 cm³/mol. The molecule has 0 aliphatic rings. The highest BCUT2D eigenvalue weighted by Crippen LogP contribution is 2.26. The number of aromatic carboxylic acids is 1. The first-order chi connectivity index (χ1) is 9.33. The molecule has 1 heterocycles. The van der Waals surface area contributed by atoms with Crippen LogP contribution in [0.1, 0.15) is 15.9 Å². The Labute approximate surface area is 123 Å². The van der Waals surface area contributed by atoms with Crippen LogP contribution in [0.4, 0.5) is 5.69 Å². The molecule has 0 spiro atoms. The van der Waals surface area contributed by atoms with E-state index in [0.29, 0.717) is 11.3 Å². The van der Waals surface area contributed by atoms with E-state index in [1.807, 2.05) is 0 Å². The van der Waals surface area contributed by atoms with Gasteiger partial charge in [-0.05, 0) is 24.6 Å². The average Bonchev–Trinajstić information content (AvgIpc) is 2.85. The van der Waals surface area contributed by atoms with Crippen molar-refractivity contribution in [3.63, 3.8) is 0 Å². The van der Waals surface area contributed by atoms with Crippen LogP contribution in [0.25, 0.3) is 0 Å².